The smallest absolute Gasteiger partial charge is 0.164 e. The maximum absolute atomic E-state index is 5.45. The molecule has 0 saturated carbocycles. The van der Waals surface area contributed by atoms with Gasteiger partial charge in [-0.25, -0.2) is 15.0 Å². The van der Waals surface area contributed by atoms with Crippen LogP contribution in [0.25, 0.3) is 89.8 Å². The standard InChI is InChI=1S/C67H47N3/c1-66(2)57-29-15-17-31-59(57)67(60-32-18-16-30-58(60)66)56-39-38-50(53-41-51(45-22-9-4-10-23-45)40-52(42-53)46-24-11-5-12-25-46)43-55(56)62-54(28-19-33-61(62)67)65-69-63(48-26-13-6-14-27-48)68-64(70-65)49-36-34-47(35-37-49)44-20-7-3-8-21-44/h3-43H,1-2H3. The molecule has 0 saturated heterocycles. The van der Waals surface area contributed by atoms with E-state index in [1.807, 2.05) is 18.2 Å². The Morgan fingerprint density at radius 3 is 1.14 bits per heavy atom. The van der Waals surface area contributed by atoms with Crippen molar-refractivity contribution in [3.63, 3.8) is 0 Å². The molecule has 2 aliphatic rings. The average Bonchev–Trinajstić information content (AvgIpc) is 3.74. The second-order valence-electron chi connectivity index (χ2n) is 19.1. The van der Waals surface area contributed by atoms with E-state index in [-0.39, 0.29) is 5.41 Å². The van der Waals surface area contributed by atoms with Gasteiger partial charge in [-0.3, -0.25) is 0 Å². The van der Waals surface area contributed by atoms with Gasteiger partial charge in [0.1, 0.15) is 0 Å². The van der Waals surface area contributed by atoms with Crippen LogP contribution in [0.4, 0.5) is 0 Å². The lowest BCUT2D eigenvalue weighted by Gasteiger charge is -2.46. The van der Waals surface area contributed by atoms with Crippen molar-refractivity contribution in [3.05, 3.63) is 282 Å². The van der Waals surface area contributed by atoms with Gasteiger partial charge in [-0.1, -0.05) is 238 Å². The maximum atomic E-state index is 5.45. The molecule has 0 radical (unpaired) electrons. The van der Waals surface area contributed by atoms with Crippen molar-refractivity contribution in [1.29, 1.82) is 0 Å². The summed E-state index contributed by atoms with van der Waals surface area (Å²) in [6, 6.07) is 90.1. The molecule has 2 aliphatic carbocycles. The molecule has 3 nitrogen and oxygen atoms in total. The summed E-state index contributed by atoms with van der Waals surface area (Å²) >= 11 is 0. The number of benzene rings is 10. The highest BCUT2D eigenvalue weighted by molar-refractivity contribution is 5.97. The van der Waals surface area contributed by atoms with Gasteiger partial charge >= 0.3 is 0 Å². The first-order valence-corrected chi connectivity index (χ1v) is 24.2. The van der Waals surface area contributed by atoms with Gasteiger partial charge < -0.3 is 0 Å². The first-order chi connectivity index (χ1) is 34.4. The predicted molar refractivity (Wildman–Crippen MR) is 287 cm³/mol. The molecule has 0 N–H and O–H groups in total. The Bertz CT molecular complexity index is 3660. The Hall–Kier alpha value is -8.79. The molecule has 1 aromatic heterocycles. The Labute approximate surface area is 409 Å². The summed E-state index contributed by atoms with van der Waals surface area (Å²) in [5.74, 6) is 1.90. The summed E-state index contributed by atoms with van der Waals surface area (Å²) in [7, 11) is 0. The van der Waals surface area contributed by atoms with Crippen molar-refractivity contribution < 1.29 is 0 Å². The van der Waals surface area contributed by atoms with E-state index in [2.05, 4.69) is 244 Å². The van der Waals surface area contributed by atoms with Crippen molar-refractivity contribution in [2.45, 2.75) is 24.7 Å². The first-order valence-electron chi connectivity index (χ1n) is 24.2. The van der Waals surface area contributed by atoms with Gasteiger partial charge in [0.25, 0.3) is 0 Å². The van der Waals surface area contributed by atoms with E-state index in [4.69, 9.17) is 15.0 Å². The minimum absolute atomic E-state index is 0.228. The zero-order valence-corrected chi connectivity index (χ0v) is 39.0. The van der Waals surface area contributed by atoms with Gasteiger partial charge in [0.05, 0.1) is 5.41 Å². The van der Waals surface area contributed by atoms with E-state index in [1.165, 1.54) is 66.8 Å². The highest BCUT2D eigenvalue weighted by Gasteiger charge is 2.54. The topological polar surface area (TPSA) is 38.7 Å². The molecule has 0 unspecified atom stereocenters. The molecular weight excluding hydrogens is 847 g/mol. The van der Waals surface area contributed by atoms with E-state index < -0.39 is 5.41 Å². The van der Waals surface area contributed by atoms with Crippen LogP contribution in [0.2, 0.25) is 0 Å². The molecule has 10 aromatic carbocycles. The number of hydrogen-bond donors (Lipinski definition) is 0. The molecule has 1 heterocycles. The molecule has 1 spiro atoms. The van der Waals surface area contributed by atoms with Gasteiger partial charge in [-0.2, -0.15) is 0 Å². The lowest BCUT2D eigenvalue weighted by Crippen LogP contribution is -2.40. The summed E-state index contributed by atoms with van der Waals surface area (Å²) in [6.45, 7) is 4.75. The lowest BCUT2D eigenvalue weighted by atomic mass is 9.55. The summed E-state index contributed by atoms with van der Waals surface area (Å²) in [5, 5.41) is 0. The largest absolute Gasteiger partial charge is 0.208 e. The van der Waals surface area contributed by atoms with Gasteiger partial charge in [0.2, 0.25) is 0 Å². The summed E-state index contributed by atoms with van der Waals surface area (Å²) in [5.41, 5.74) is 21.4. The fourth-order valence-electron chi connectivity index (χ4n) is 11.5. The van der Waals surface area contributed by atoms with Crippen molar-refractivity contribution in [1.82, 2.24) is 15.0 Å². The molecule has 70 heavy (non-hydrogen) atoms. The van der Waals surface area contributed by atoms with Crippen LogP contribution in [0.3, 0.4) is 0 Å². The van der Waals surface area contributed by atoms with Crippen LogP contribution < -0.4 is 0 Å². The third-order valence-electron chi connectivity index (χ3n) is 14.8. The number of fused-ring (bicyclic) bond motifs is 9. The fourth-order valence-corrected chi connectivity index (χ4v) is 11.5. The van der Waals surface area contributed by atoms with Crippen molar-refractivity contribution >= 4 is 0 Å². The third kappa shape index (κ3) is 6.61. The molecule has 3 heteroatoms. The van der Waals surface area contributed by atoms with Crippen molar-refractivity contribution in [2.24, 2.45) is 0 Å². The van der Waals surface area contributed by atoms with Crippen molar-refractivity contribution in [2.75, 3.05) is 0 Å². The van der Waals surface area contributed by atoms with Crippen LogP contribution in [0.15, 0.2) is 249 Å². The Balaban J connectivity index is 1.09. The van der Waals surface area contributed by atoms with E-state index >= 15 is 0 Å². The van der Waals surface area contributed by atoms with Gasteiger partial charge in [-0.15, -0.1) is 0 Å². The van der Waals surface area contributed by atoms with E-state index in [1.54, 1.807) is 0 Å². The van der Waals surface area contributed by atoms with Gasteiger partial charge in [0, 0.05) is 22.1 Å². The molecule has 0 aliphatic heterocycles. The van der Waals surface area contributed by atoms with Crippen LogP contribution >= 0.6 is 0 Å². The summed E-state index contributed by atoms with van der Waals surface area (Å²) in [6.07, 6.45) is 0. The fraction of sp³-hybridized carbons (Fsp3) is 0.0597. The first kappa shape index (κ1) is 41.4. The molecular formula is C67H47N3. The molecule has 13 rings (SSSR count). The SMILES string of the molecule is CC1(C)c2ccccc2C2(c3ccc(-c4cc(-c5ccccc5)cc(-c5ccccc5)c4)cc3-c3c(-c4nc(-c5ccccc5)nc(-c5ccc(-c6ccccc6)cc5)n4)cccc32)c2ccccc21. The highest BCUT2D eigenvalue weighted by Crippen LogP contribution is 2.63. The van der Waals surface area contributed by atoms with Crippen LogP contribution in [0, 0.1) is 0 Å². The highest BCUT2D eigenvalue weighted by atomic mass is 15.0. The number of aromatic nitrogens is 3. The van der Waals surface area contributed by atoms with Crippen LogP contribution in [0.5, 0.6) is 0 Å². The van der Waals surface area contributed by atoms with Gasteiger partial charge in [-0.05, 0) is 113 Å². The lowest BCUT2D eigenvalue weighted by molar-refractivity contribution is 0.563. The van der Waals surface area contributed by atoms with E-state index in [9.17, 15) is 0 Å². The third-order valence-corrected chi connectivity index (χ3v) is 14.8. The maximum Gasteiger partial charge on any atom is 0.164 e. The number of hydrogen-bond acceptors (Lipinski definition) is 3. The molecule has 0 amide bonds. The van der Waals surface area contributed by atoms with E-state index in [0.29, 0.717) is 17.5 Å². The minimum atomic E-state index is -0.617. The predicted octanol–water partition coefficient (Wildman–Crippen LogP) is 16.5. The Kier molecular flexibility index (Phi) is 9.74. The second kappa shape index (κ2) is 16.5. The zero-order chi connectivity index (χ0) is 46.8. The van der Waals surface area contributed by atoms with E-state index in [0.717, 1.165) is 38.9 Å². The second-order valence-corrected chi connectivity index (χ2v) is 19.1. The number of rotatable bonds is 7. The molecule has 0 fully saturated rings. The quantitative estimate of drug-likeness (QED) is 0.160. The van der Waals surface area contributed by atoms with Crippen LogP contribution in [0.1, 0.15) is 47.2 Å². The minimum Gasteiger partial charge on any atom is -0.208 e. The molecule has 330 valence electrons. The molecule has 0 bridgehead atoms. The zero-order valence-electron chi connectivity index (χ0n) is 39.0. The summed E-state index contributed by atoms with van der Waals surface area (Å²) in [4.78, 5) is 16.1. The monoisotopic (exact) mass is 893 g/mol. The normalized spacial score (nSPS) is 13.5. The Morgan fingerprint density at radius 1 is 0.243 bits per heavy atom. The summed E-state index contributed by atoms with van der Waals surface area (Å²) < 4.78 is 0. The van der Waals surface area contributed by atoms with Crippen LogP contribution in [-0.2, 0) is 10.8 Å². The average molecular weight is 894 g/mol. The Morgan fingerprint density at radius 2 is 0.614 bits per heavy atom. The number of nitrogens with zero attached hydrogens (tertiary/aromatic N) is 3. The van der Waals surface area contributed by atoms with Crippen LogP contribution in [-0.4, -0.2) is 15.0 Å². The van der Waals surface area contributed by atoms with Crippen molar-refractivity contribution in [3.8, 4) is 89.8 Å². The van der Waals surface area contributed by atoms with Gasteiger partial charge in [0.15, 0.2) is 17.5 Å². The molecule has 11 aromatic rings. The molecule has 0 atom stereocenters.